The van der Waals surface area contributed by atoms with Crippen molar-refractivity contribution in [3.05, 3.63) is 65.7 Å². The largest absolute Gasteiger partial charge is 0.394 e. The summed E-state index contributed by atoms with van der Waals surface area (Å²) < 4.78 is 0. The second kappa shape index (κ2) is 8.53. The number of rotatable bonds is 6. The summed E-state index contributed by atoms with van der Waals surface area (Å²) in [6, 6.07) is 18.1. The predicted molar refractivity (Wildman–Crippen MR) is 101 cm³/mol. The molecule has 1 aliphatic rings. The third kappa shape index (κ3) is 4.97. The van der Waals surface area contributed by atoms with Gasteiger partial charge in [0.1, 0.15) is 6.61 Å². The summed E-state index contributed by atoms with van der Waals surface area (Å²) in [5.74, 6) is 0.383. The molecule has 0 radical (unpaired) electrons. The molecule has 0 aromatic heterocycles. The summed E-state index contributed by atoms with van der Waals surface area (Å²) in [5, 5.41) is 13.6. The lowest BCUT2D eigenvalue weighted by Crippen LogP contribution is -2.35. The van der Waals surface area contributed by atoms with Crippen molar-refractivity contribution < 1.29 is 9.94 Å². The molecule has 2 aromatic rings. The van der Waals surface area contributed by atoms with Gasteiger partial charge in [-0.05, 0) is 42.7 Å². The van der Waals surface area contributed by atoms with Crippen molar-refractivity contribution >= 4 is 11.5 Å². The van der Waals surface area contributed by atoms with E-state index in [-0.39, 0.29) is 6.10 Å². The number of nitrogens with two attached hydrogens (primary N) is 1. The maximum atomic E-state index is 9.59. The van der Waals surface area contributed by atoms with Crippen molar-refractivity contribution in [3.8, 4) is 0 Å². The number of nitrogens with zero attached hydrogens (tertiary/aromatic N) is 2. The highest BCUT2D eigenvalue weighted by atomic mass is 16.6. The SMILES string of the molecule is N/C(=N/OCCc1ccccc1)c1ccc(N2CCC(O)CC2)cc1. The highest BCUT2D eigenvalue weighted by molar-refractivity contribution is 5.97. The van der Waals surface area contributed by atoms with Gasteiger partial charge in [0.25, 0.3) is 0 Å². The van der Waals surface area contributed by atoms with Crippen molar-refractivity contribution in [1.29, 1.82) is 0 Å². The van der Waals surface area contributed by atoms with Crippen LogP contribution < -0.4 is 10.6 Å². The van der Waals surface area contributed by atoms with Crippen LogP contribution in [-0.2, 0) is 11.3 Å². The molecule has 0 atom stereocenters. The van der Waals surface area contributed by atoms with Gasteiger partial charge >= 0.3 is 0 Å². The van der Waals surface area contributed by atoms with E-state index in [1.165, 1.54) is 5.56 Å². The van der Waals surface area contributed by atoms with E-state index in [0.717, 1.165) is 43.6 Å². The maximum absolute atomic E-state index is 9.59. The van der Waals surface area contributed by atoms with Crippen LogP contribution in [0.15, 0.2) is 59.8 Å². The Kier molecular flexibility index (Phi) is 5.90. The minimum Gasteiger partial charge on any atom is -0.394 e. The van der Waals surface area contributed by atoms with Crippen LogP contribution in [0.2, 0.25) is 0 Å². The summed E-state index contributed by atoms with van der Waals surface area (Å²) in [5.41, 5.74) is 9.21. The molecular formula is C20H25N3O2. The molecule has 5 nitrogen and oxygen atoms in total. The van der Waals surface area contributed by atoms with E-state index in [1.807, 2.05) is 42.5 Å². The number of benzene rings is 2. The average molecular weight is 339 g/mol. The molecule has 25 heavy (non-hydrogen) atoms. The Balaban J connectivity index is 1.50. The molecule has 1 heterocycles. The number of piperidine rings is 1. The number of aliphatic hydroxyl groups excluding tert-OH is 1. The summed E-state index contributed by atoms with van der Waals surface area (Å²) in [7, 11) is 0. The zero-order valence-corrected chi connectivity index (χ0v) is 14.3. The second-order valence-electron chi connectivity index (χ2n) is 6.31. The molecule has 0 unspecified atom stereocenters. The van der Waals surface area contributed by atoms with E-state index in [4.69, 9.17) is 10.6 Å². The molecule has 1 aliphatic heterocycles. The van der Waals surface area contributed by atoms with E-state index in [9.17, 15) is 5.11 Å². The van der Waals surface area contributed by atoms with Crippen molar-refractivity contribution in [1.82, 2.24) is 0 Å². The minimum absolute atomic E-state index is 0.161. The molecule has 2 aromatic carbocycles. The summed E-state index contributed by atoms with van der Waals surface area (Å²) in [4.78, 5) is 7.61. The van der Waals surface area contributed by atoms with Gasteiger partial charge in [0.05, 0.1) is 6.10 Å². The standard InChI is InChI=1S/C20H25N3O2/c21-20(22-25-15-12-16-4-2-1-3-5-16)17-6-8-18(9-7-17)23-13-10-19(24)11-14-23/h1-9,19,24H,10-15H2,(H2,21,22). The fourth-order valence-electron chi connectivity index (χ4n) is 2.94. The Morgan fingerprint density at radius 1 is 1.08 bits per heavy atom. The Morgan fingerprint density at radius 3 is 2.44 bits per heavy atom. The van der Waals surface area contributed by atoms with Gasteiger partial charge in [0.2, 0.25) is 0 Å². The van der Waals surface area contributed by atoms with Crippen molar-refractivity contribution in [2.24, 2.45) is 10.9 Å². The summed E-state index contributed by atoms with van der Waals surface area (Å²) >= 11 is 0. The number of amidine groups is 1. The quantitative estimate of drug-likeness (QED) is 0.367. The van der Waals surface area contributed by atoms with Crippen LogP contribution in [0.3, 0.4) is 0 Å². The predicted octanol–water partition coefficient (Wildman–Crippen LogP) is 2.53. The fourth-order valence-corrected chi connectivity index (χ4v) is 2.94. The Hall–Kier alpha value is -2.53. The van der Waals surface area contributed by atoms with Gasteiger partial charge in [-0.2, -0.15) is 0 Å². The van der Waals surface area contributed by atoms with Crippen molar-refractivity contribution in [3.63, 3.8) is 0 Å². The Labute approximate surface area is 148 Å². The summed E-state index contributed by atoms with van der Waals surface area (Å²) in [6.45, 7) is 2.26. The molecule has 132 valence electrons. The van der Waals surface area contributed by atoms with Crippen LogP contribution in [0.4, 0.5) is 5.69 Å². The average Bonchev–Trinajstić information content (AvgIpc) is 2.67. The first-order valence-electron chi connectivity index (χ1n) is 8.75. The number of hydrogen-bond donors (Lipinski definition) is 2. The zero-order valence-electron chi connectivity index (χ0n) is 14.3. The number of aliphatic hydroxyl groups is 1. The van der Waals surface area contributed by atoms with Crippen LogP contribution in [0.25, 0.3) is 0 Å². The van der Waals surface area contributed by atoms with Gasteiger partial charge in [-0.1, -0.05) is 35.5 Å². The lowest BCUT2D eigenvalue weighted by molar-refractivity contribution is 0.145. The highest BCUT2D eigenvalue weighted by Gasteiger charge is 2.17. The van der Waals surface area contributed by atoms with Crippen LogP contribution in [0, 0.1) is 0 Å². The van der Waals surface area contributed by atoms with Crippen LogP contribution >= 0.6 is 0 Å². The zero-order chi connectivity index (χ0) is 17.5. The third-order valence-corrected chi connectivity index (χ3v) is 4.48. The van der Waals surface area contributed by atoms with E-state index in [2.05, 4.69) is 22.2 Å². The first-order chi connectivity index (χ1) is 12.2. The molecule has 5 heteroatoms. The van der Waals surface area contributed by atoms with Gasteiger partial charge in [-0.15, -0.1) is 0 Å². The van der Waals surface area contributed by atoms with Crippen molar-refractivity contribution in [2.45, 2.75) is 25.4 Å². The molecule has 0 aliphatic carbocycles. The molecule has 0 amide bonds. The maximum Gasteiger partial charge on any atom is 0.170 e. The molecule has 0 spiro atoms. The second-order valence-corrected chi connectivity index (χ2v) is 6.31. The van der Waals surface area contributed by atoms with Crippen LogP contribution in [0.1, 0.15) is 24.0 Å². The molecule has 1 saturated heterocycles. The fraction of sp³-hybridized carbons (Fsp3) is 0.350. The highest BCUT2D eigenvalue weighted by Crippen LogP contribution is 2.20. The van der Waals surface area contributed by atoms with Gasteiger partial charge in [0.15, 0.2) is 5.84 Å². The molecular weight excluding hydrogens is 314 g/mol. The van der Waals surface area contributed by atoms with Gasteiger partial charge in [0, 0.05) is 30.8 Å². The Morgan fingerprint density at radius 2 is 1.76 bits per heavy atom. The monoisotopic (exact) mass is 339 g/mol. The van der Waals surface area contributed by atoms with E-state index < -0.39 is 0 Å². The van der Waals surface area contributed by atoms with Crippen LogP contribution in [-0.4, -0.2) is 36.7 Å². The molecule has 1 fully saturated rings. The lowest BCUT2D eigenvalue weighted by Gasteiger charge is -2.31. The molecule has 3 rings (SSSR count). The number of hydrogen-bond acceptors (Lipinski definition) is 4. The minimum atomic E-state index is -0.161. The molecule has 0 bridgehead atoms. The normalized spacial score (nSPS) is 16.0. The topological polar surface area (TPSA) is 71.1 Å². The van der Waals surface area contributed by atoms with E-state index in [0.29, 0.717) is 12.4 Å². The first-order valence-corrected chi connectivity index (χ1v) is 8.75. The molecule has 3 N–H and O–H groups in total. The van der Waals surface area contributed by atoms with Crippen LogP contribution in [0.5, 0.6) is 0 Å². The van der Waals surface area contributed by atoms with Gasteiger partial charge in [-0.3, -0.25) is 0 Å². The smallest absolute Gasteiger partial charge is 0.170 e. The van der Waals surface area contributed by atoms with E-state index in [1.54, 1.807) is 0 Å². The van der Waals surface area contributed by atoms with Gasteiger partial charge in [-0.25, -0.2) is 0 Å². The first kappa shape index (κ1) is 17.3. The summed E-state index contributed by atoms with van der Waals surface area (Å²) in [6.07, 6.45) is 2.28. The van der Waals surface area contributed by atoms with E-state index >= 15 is 0 Å². The lowest BCUT2D eigenvalue weighted by atomic mass is 10.1. The van der Waals surface area contributed by atoms with Gasteiger partial charge < -0.3 is 20.6 Å². The molecule has 0 saturated carbocycles. The third-order valence-electron chi connectivity index (χ3n) is 4.48. The number of oxime groups is 1. The Bertz CT molecular complexity index is 678. The number of anilines is 1. The van der Waals surface area contributed by atoms with Crippen molar-refractivity contribution in [2.75, 3.05) is 24.6 Å².